The number of hydrogen-bond acceptors (Lipinski definition) is 2. The zero-order valence-electron chi connectivity index (χ0n) is 6.81. The van der Waals surface area contributed by atoms with Crippen molar-refractivity contribution in [1.29, 1.82) is 0 Å². The van der Waals surface area contributed by atoms with Crippen LogP contribution in [0, 0.1) is 12.8 Å². The normalized spacial score (nSPS) is 9.45. The van der Waals surface area contributed by atoms with Gasteiger partial charge in [0.15, 0.2) is 0 Å². The Kier molecular flexibility index (Phi) is 4.26. The molecule has 0 bridgehead atoms. The molecule has 0 fully saturated rings. The van der Waals surface area contributed by atoms with Crippen molar-refractivity contribution in [2.24, 2.45) is 5.92 Å². The predicted molar refractivity (Wildman–Crippen MR) is 41.6 cm³/mol. The van der Waals surface area contributed by atoms with Crippen LogP contribution < -0.4 is 10.6 Å². The molecule has 0 aliphatic rings. The lowest BCUT2D eigenvalue weighted by Gasteiger charge is -2.10. The van der Waals surface area contributed by atoms with Crippen LogP contribution in [0.15, 0.2) is 0 Å². The second kappa shape index (κ2) is 4.71. The number of rotatable bonds is 3. The van der Waals surface area contributed by atoms with Gasteiger partial charge in [0.2, 0.25) is 11.8 Å². The summed E-state index contributed by atoms with van der Waals surface area (Å²) >= 11 is 0. The highest BCUT2D eigenvalue weighted by Gasteiger charge is 2.21. The fraction of sp³-hybridized carbons (Fsp3) is 0.571. The van der Waals surface area contributed by atoms with Gasteiger partial charge in [-0.15, -0.1) is 0 Å². The fourth-order valence-electron chi connectivity index (χ4n) is 0.730. The highest BCUT2D eigenvalue weighted by molar-refractivity contribution is 6.00. The molecule has 1 radical (unpaired) electrons. The van der Waals surface area contributed by atoms with Gasteiger partial charge in [-0.1, -0.05) is 6.92 Å². The van der Waals surface area contributed by atoms with Gasteiger partial charge in [-0.2, -0.15) is 0 Å². The number of nitrogens with one attached hydrogen (secondary N) is 2. The van der Waals surface area contributed by atoms with E-state index in [-0.39, 0.29) is 18.2 Å². The molecule has 4 nitrogen and oxygen atoms in total. The summed E-state index contributed by atoms with van der Waals surface area (Å²) in [7, 11) is 2.99. The van der Waals surface area contributed by atoms with Crippen LogP contribution in [-0.2, 0) is 9.59 Å². The molecule has 4 heteroatoms. The van der Waals surface area contributed by atoms with Crippen LogP contribution in [0.25, 0.3) is 0 Å². The van der Waals surface area contributed by atoms with Crippen molar-refractivity contribution in [2.45, 2.75) is 6.42 Å². The van der Waals surface area contributed by atoms with E-state index in [1.54, 1.807) is 0 Å². The molecule has 0 rings (SSSR count). The van der Waals surface area contributed by atoms with Crippen molar-refractivity contribution in [3.05, 3.63) is 6.92 Å². The van der Waals surface area contributed by atoms with Crippen molar-refractivity contribution in [3.63, 3.8) is 0 Å². The molecule has 11 heavy (non-hydrogen) atoms. The molecule has 0 saturated carbocycles. The molecule has 63 valence electrons. The van der Waals surface area contributed by atoms with E-state index in [0.29, 0.717) is 0 Å². The summed E-state index contributed by atoms with van der Waals surface area (Å²) < 4.78 is 0. The van der Waals surface area contributed by atoms with Crippen molar-refractivity contribution >= 4 is 11.8 Å². The molecule has 0 aromatic heterocycles. The maximum atomic E-state index is 10.9. The number of carbonyl (C=O) groups is 2. The van der Waals surface area contributed by atoms with Crippen LogP contribution in [0.3, 0.4) is 0 Å². The molecule has 0 aromatic carbocycles. The molecule has 0 aliphatic carbocycles. The third kappa shape index (κ3) is 2.57. The van der Waals surface area contributed by atoms with Crippen LogP contribution in [0.2, 0.25) is 0 Å². The van der Waals surface area contributed by atoms with E-state index in [4.69, 9.17) is 0 Å². The number of hydrogen-bond donors (Lipinski definition) is 2. The molecule has 0 saturated heterocycles. The summed E-state index contributed by atoms with van der Waals surface area (Å²) in [5.41, 5.74) is 0. The monoisotopic (exact) mass is 157 g/mol. The summed E-state index contributed by atoms with van der Waals surface area (Å²) in [4.78, 5) is 21.9. The molecule has 2 amide bonds. The zero-order chi connectivity index (χ0) is 8.85. The van der Waals surface area contributed by atoms with Gasteiger partial charge in [-0.05, 0) is 6.42 Å². The second-order valence-electron chi connectivity index (χ2n) is 2.07. The summed E-state index contributed by atoms with van der Waals surface area (Å²) in [6, 6.07) is 0. The third-order valence-electron chi connectivity index (χ3n) is 1.41. The summed E-state index contributed by atoms with van der Waals surface area (Å²) in [5.74, 6) is -1.25. The molecule has 0 unspecified atom stereocenters. The Balaban J connectivity index is 4.15. The molecule has 0 aliphatic heterocycles. The minimum atomic E-state index is -0.662. The summed E-state index contributed by atoms with van der Waals surface area (Å²) in [5, 5.41) is 4.78. The van der Waals surface area contributed by atoms with Crippen LogP contribution in [0.1, 0.15) is 6.42 Å². The first-order valence-corrected chi connectivity index (χ1v) is 3.39. The lowest BCUT2D eigenvalue weighted by Crippen LogP contribution is -2.38. The first-order valence-electron chi connectivity index (χ1n) is 3.39. The van der Waals surface area contributed by atoms with Gasteiger partial charge < -0.3 is 10.6 Å². The Labute approximate surface area is 66.4 Å². The molecular weight excluding hydrogens is 144 g/mol. The van der Waals surface area contributed by atoms with E-state index in [9.17, 15) is 9.59 Å². The SMILES string of the molecule is [CH2]CC(C(=O)NC)C(=O)NC. The molecular formula is C7H13N2O2. The minimum Gasteiger partial charge on any atom is -0.358 e. The first-order chi connectivity index (χ1) is 5.17. The van der Waals surface area contributed by atoms with E-state index in [0.717, 1.165) is 0 Å². The average Bonchev–Trinajstić information content (AvgIpc) is 2.05. The zero-order valence-corrected chi connectivity index (χ0v) is 6.81. The lowest BCUT2D eigenvalue weighted by atomic mass is 10.1. The average molecular weight is 157 g/mol. The van der Waals surface area contributed by atoms with Crippen LogP contribution >= 0.6 is 0 Å². The van der Waals surface area contributed by atoms with Crippen LogP contribution in [-0.4, -0.2) is 25.9 Å². The van der Waals surface area contributed by atoms with Gasteiger partial charge in [0.05, 0.1) is 0 Å². The van der Waals surface area contributed by atoms with Gasteiger partial charge in [0.25, 0.3) is 0 Å². The highest BCUT2D eigenvalue weighted by atomic mass is 16.2. The topological polar surface area (TPSA) is 58.2 Å². The maximum Gasteiger partial charge on any atom is 0.232 e. The highest BCUT2D eigenvalue weighted by Crippen LogP contribution is 2.00. The quantitative estimate of drug-likeness (QED) is 0.533. The molecule has 0 atom stereocenters. The number of carbonyl (C=O) groups excluding carboxylic acids is 2. The van der Waals surface area contributed by atoms with Gasteiger partial charge in [-0.3, -0.25) is 9.59 Å². The van der Waals surface area contributed by atoms with E-state index in [1.165, 1.54) is 14.1 Å². The Morgan fingerprint density at radius 1 is 1.27 bits per heavy atom. The fourth-order valence-corrected chi connectivity index (χ4v) is 0.730. The molecule has 0 heterocycles. The number of amides is 2. The van der Waals surface area contributed by atoms with Crippen molar-refractivity contribution in [3.8, 4) is 0 Å². The molecule has 0 aromatic rings. The third-order valence-corrected chi connectivity index (χ3v) is 1.41. The van der Waals surface area contributed by atoms with Gasteiger partial charge in [0.1, 0.15) is 5.92 Å². The first kappa shape index (κ1) is 9.94. The summed E-state index contributed by atoms with van der Waals surface area (Å²) in [6.07, 6.45) is 0.277. The molecule has 2 N–H and O–H groups in total. The Morgan fingerprint density at radius 2 is 1.64 bits per heavy atom. The van der Waals surface area contributed by atoms with E-state index in [1.807, 2.05) is 0 Å². The Bertz CT molecular complexity index is 141. The van der Waals surface area contributed by atoms with Crippen molar-refractivity contribution in [2.75, 3.05) is 14.1 Å². The summed E-state index contributed by atoms with van der Waals surface area (Å²) in [6.45, 7) is 3.50. The van der Waals surface area contributed by atoms with Gasteiger partial charge in [-0.25, -0.2) is 0 Å². The van der Waals surface area contributed by atoms with Gasteiger partial charge >= 0.3 is 0 Å². The minimum absolute atomic E-state index is 0.277. The maximum absolute atomic E-state index is 10.9. The predicted octanol–water partition coefficient (Wildman–Crippen LogP) is -0.681. The van der Waals surface area contributed by atoms with Crippen molar-refractivity contribution < 1.29 is 9.59 Å². The van der Waals surface area contributed by atoms with Crippen LogP contribution in [0.4, 0.5) is 0 Å². The van der Waals surface area contributed by atoms with E-state index < -0.39 is 5.92 Å². The molecule has 0 spiro atoms. The Hall–Kier alpha value is -1.06. The largest absolute Gasteiger partial charge is 0.358 e. The lowest BCUT2D eigenvalue weighted by molar-refractivity contribution is -0.134. The Morgan fingerprint density at radius 3 is 1.82 bits per heavy atom. The van der Waals surface area contributed by atoms with E-state index in [2.05, 4.69) is 17.6 Å². The van der Waals surface area contributed by atoms with E-state index >= 15 is 0 Å². The van der Waals surface area contributed by atoms with Crippen molar-refractivity contribution in [1.82, 2.24) is 10.6 Å². The van der Waals surface area contributed by atoms with Crippen LogP contribution in [0.5, 0.6) is 0 Å². The smallest absolute Gasteiger partial charge is 0.232 e. The second-order valence-corrected chi connectivity index (χ2v) is 2.07. The standard InChI is InChI=1S/C7H13N2O2/c1-4-5(6(10)8-2)7(11)9-3/h5H,1,4H2,2-3H3,(H,8,10)(H,9,11). The van der Waals surface area contributed by atoms with Gasteiger partial charge in [0, 0.05) is 14.1 Å².